The second-order valence-electron chi connectivity index (χ2n) is 22.7. The molecule has 286 valence electrons. The van der Waals surface area contributed by atoms with Crippen molar-refractivity contribution in [3.8, 4) is 0 Å². The van der Waals surface area contributed by atoms with E-state index >= 15 is 0 Å². The summed E-state index contributed by atoms with van der Waals surface area (Å²) in [6.45, 7) is 30.7. The topological polar surface area (TPSA) is 0 Å². The number of hydrogen-bond acceptors (Lipinski definition) is 0. The van der Waals surface area contributed by atoms with Crippen LogP contribution in [-0.2, 0) is 26.2 Å². The number of rotatable bonds is 3. The summed E-state index contributed by atoms with van der Waals surface area (Å²) in [5, 5.41) is 0. The summed E-state index contributed by atoms with van der Waals surface area (Å²) in [6.07, 6.45) is 21.7. The molecular weight excluding hydrogens is 668 g/mol. The van der Waals surface area contributed by atoms with E-state index in [4.69, 9.17) is 0 Å². The summed E-state index contributed by atoms with van der Waals surface area (Å²) in [4.78, 5) is 0. The molecule has 0 nitrogen and oxygen atoms in total. The summed E-state index contributed by atoms with van der Waals surface area (Å²) in [6, 6.07) is 0. The molecule has 0 N–H and O–H groups in total. The molecule has 1 heteroatoms. The third kappa shape index (κ3) is 9.58. The molecule has 6 fully saturated rings. The molecule has 0 radical (unpaired) electrons. The SMILES string of the molecule is CC(C)(C)C1CCC2C3CCC(C(C)(C)C)CC3C(CCC3C4CC(C(C)(C)C)CCC4C4CCC(C(C)(C)C)CC43)C2C1.[CH3-].[CH3-].[CH3-].[CH3-].[Zr+4]. The molecule has 0 aromatic heterocycles. The Morgan fingerprint density at radius 2 is 0.490 bits per heavy atom. The van der Waals surface area contributed by atoms with Gasteiger partial charge in [-0.1, -0.05) is 83.1 Å². The normalized spacial score (nSPS) is 41.9. The van der Waals surface area contributed by atoms with Crippen molar-refractivity contribution in [2.45, 2.75) is 173 Å². The van der Waals surface area contributed by atoms with Crippen LogP contribution in [0, 0.1) is 134 Å². The Kier molecular flexibility index (Phi) is 16.7. The van der Waals surface area contributed by atoms with Crippen LogP contribution < -0.4 is 0 Å². The summed E-state index contributed by atoms with van der Waals surface area (Å²) in [7, 11) is 0. The van der Waals surface area contributed by atoms with Crippen LogP contribution >= 0.6 is 0 Å². The zero-order chi connectivity index (χ0) is 32.0. The molecule has 0 aliphatic heterocycles. The van der Waals surface area contributed by atoms with E-state index in [9.17, 15) is 0 Å². The van der Waals surface area contributed by atoms with Crippen molar-refractivity contribution >= 4 is 0 Å². The fraction of sp³-hybridized carbons (Fsp3) is 0.917. The molecule has 0 spiro atoms. The molecule has 0 amide bonds. The fourth-order valence-corrected chi connectivity index (χ4v) is 14.0. The number of hydrogen-bond donors (Lipinski definition) is 0. The van der Waals surface area contributed by atoms with Gasteiger partial charge in [-0.15, -0.1) is 0 Å². The van der Waals surface area contributed by atoms with Crippen molar-refractivity contribution in [1.29, 1.82) is 0 Å². The molecule has 0 aromatic rings. The van der Waals surface area contributed by atoms with E-state index in [1.165, 1.54) is 25.7 Å². The first kappa shape index (κ1) is 47.9. The average Bonchev–Trinajstić information content (AvgIpc) is 3.40. The third-order valence-corrected chi connectivity index (χ3v) is 16.9. The third-order valence-electron chi connectivity index (χ3n) is 16.9. The van der Waals surface area contributed by atoms with Crippen LogP contribution in [-0.4, -0.2) is 0 Å². The molecule has 6 rings (SSSR count). The van der Waals surface area contributed by atoms with Crippen molar-refractivity contribution in [1.82, 2.24) is 0 Å². The second-order valence-corrected chi connectivity index (χ2v) is 22.7. The molecule has 0 heterocycles. The van der Waals surface area contributed by atoms with E-state index in [1.807, 2.05) is 0 Å². The van der Waals surface area contributed by atoms with Crippen molar-refractivity contribution in [3.63, 3.8) is 0 Å². The van der Waals surface area contributed by atoms with Gasteiger partial charge in [0.1, 0.15) is 0 Å². The molecule has 12 atom stereocenters. The predicted octanol–water partition coefficient (Wildman–Crippen LogP) is 15.1. The second kappa shape index (κ2) is 17.1. The van der Waals surface area contributed by atoms with E-state index in [1.54, 1.807) is 64.2 Å². The quantitative estimate of drug-likeness (QED) is 0.252. The van der Waals surface area contributed by atoms with Gasteiger partial charge in [-0.2, -0.15) is 0 Å². The fourth-order valence-electron chi connectivity index (χ4n) is 14.0. The summed E-state index contributed by atoms with van der Waals surface area (Å²) in [5.41, 5.74) is 1.93. The van der Waals surface area contributed by atoms with Gasteiger partial charge in [0, 0.05) is 0 Å². The Hall–Kier alpha value is 0.883. The Morgan fingerprint density at radius 1 is 0.306 bits per heavy atom. The minimum atomic E-state index is 0. The molecule has 49 heavy (non-hydrogen) atoms. The standard InChI is InChI=1S/C44H78.4CH3.Zr/c1-41(2,3)27-13-17-31-32-18-14-28(42(4,5)6)24-38(32)35(37(31)23-27)21-22-36-39-25-29(43(7,8)9)15-19-33(39)34-20-16-30(26-40(34)36)44(10,11)12;;;;;/h27-40H,13-26H2,1-12H3;4*1H3;/q;4*-1;+4. The van der Waals surface area contributed by atoms with Crippen LogP contribution in [0.2, 0.25) is 0 Å². The molecule has 0 saturated heterocycles. The van der Waals surface area contributed by atoms with Gasteiger partial charge in [-0.05, 0) is 194 Å². The first-order valence-corrected chi connectivity index (χ1v) is 20.3. The van der Waals surface area contributed by atoms with Crippen molar-refractivity contribution in [3.05, 3.63) is 29.7 Å². The Labute approximate surface area is 331 Å². The minimum absolute atomic E-state index is 0. The van der Waals surface area contributed by atoms with Gasteiger partial charge in [0.2, 0.25) is 0 Å². The van der Waals surface area contributed by atoms with E-state index in [-0.39, 0.29) is 55.9 Å². The van der Waals surface area contributed by atoms with Gasteiger partial charge >= 0.3 is 26.2 Å². The molecule has 0 aromatic carbocycles. The molecule has 0 bridgehead atoms. The van der Waals surface area contributed by atoms with Crippen LogP contribution in [0.1, 0.15) is 173 Å². The molecule has 6 saturated carbocycles. The van der Waals surface area contributed by atoms with Crippen LogP contribution in [0.4, 0.5) is 0 Å². The zero-order valence-electron chi connectivity index (χ0n) is 36.5. The first-order valence-electron chi connectivity index (χ1n) is 20.3. The van der Waals surface area contributed by atoms with Crippen molar-refractivity contribution < 1.29 is 26.2 Å². The summed E-state index contributed by atoms with van der Waals surface area (Å²) >= 11 is 0. The summed E-state index contributed by atoms with van der Waals surface area (Å²) < 4.78 is 0. The predicted molar refractivity (Wildman–Crippen MR) is 217 cm³/mol. The maximum atomic E-state index is 2.56. The smallest absolute Gasteiger partial charge is 0.358 e. The Bertz CT molecular complexity index is 825. The van der Waals surface area contributed by atoms with E-state index in [0.29, 0.717) is 21.7 Å². The summed E-state index contributed by atoms with van der Waals surface area (Å²) in [5.74, 6) is 14.3. The van der Waals surface area contributed by atoms with Gasteiger partial charge in [-0.25, -0.2) is 0 Å². The van der Waals surface area contributed by atoms with E-state index in [2.05, 4.69) is 83.1 Å². The van der Waals surface area contributed by atoms with E-state index in [0.717, 1.165) is 82.9 Å². The zero-order valence-corrected chi connectivity index (χ0v) is 38.9. The van der Waals surface area contributed by atoms with Crippen molar-refractivity contribution in [2.75, 3.05) is 0 Å². The van der Waals surface area contributed by atoms with Crippen LogP contribution in [0.25, 0.3) is 0 Å². The van der Waals surface area contributed by atoms with E-state index < -0.39 is 0 Å². The number of fused-ring (bicyclic) bond motifs is 6. The molecule has 6 aliphatic carbocycles. The maximum Gasteiger partial charge on any atom is 4.00 e. The van der Waals surface area contributed by atoms with Gasteiger partial charge in [0.05, 0.1) is 0 Å². The largest absolute Gasteiger partial charge is 4.00 e. The van der Waals surface area contributed by atoms with Crippen LogP contribution in [0.3, 0.4) is 0 Å². The average molecular weight is 758 g/mol. The van der Waals surface area contributed by atoms with Crippen LogP contribution in [0.5, 0.6) is 0 Å². The minimum Gasteiger partial charge on any atom is -0.358 e. The van der Waals surface area contributed by atoms with Gasteiger partial charge < -0.3 is 29.7 Å². The molecule has 12 unspecified atom stereocenters. The molecular formula is C48H90Zr. The van der Waals surface area contributed by atoms with Crippen LogP contribution in [0.15, 0.2) is 0 Å². The van der Waals surface area contributed by atoms with Gasteiger partial charge in [0.15, 0.2) is 0 Å². The Morgan fingerprint density at radius 3 is 0.653 bits per heavy atom. The Balaban J connectivity index is 0.00000240. The van der Waals surface area contributed by atoms with Gasteiger partial charge in [0.25, 0.3) is 0 Å². The van der Waals surface area contributed by atoms with Crippen molar-refractivity contribution in [2.24, 2.45) is 105 Å². The molecule has 6 aliphatic rings. The maximum absolute atomic E-state index is 2.56. The monoisotopic (exact) mass is 757 g/mol. The van der Waals surface area contributed by atoms with Gasteiger partial charge in [-0.3, -0.25) is 0 Å². The first-order chi connectivity index (χ1) is 20.3.